The van der Waals surface area contributed by atoms with E-state index >= 15 is 0 Å². The number of nitrogen functional groups attached to an aromatic ring is 1. The van der Waals surface area contributed by atoms with Gasteiger partial charge in [0.1, 0.15) is 6.10 Å². The van der Waals surface area contributed by atoms with Gasteiger partial charge in [0.05, 0.1) is 19.3 Å². The summed E-state index contributed by atoms with van der Waals surface area (Å²) in [5.74, 6) is 2.86. The van der Waals surface area contributed by atoms with Crippen LogP contribution in [0.3, 0.4) is 0 Å². The van der Waals surface area contributed by atoms with E-state index in [-0.39, 0.29) is 24.3 Å². The first-order valence-corrected chi connectivity index (χ1v) is 14.7. The summed E-state index contributed by atoms with van der Waals surface area (Å²) >= 11 is 0. The Kier molecular flexibility index (Phi) is 10.4. The molecule has 2 aromatic rings. The third-order valence-electron chi connectivity index (χ3n) is 8.36. The summed E-state index contributed by atoms with van der Waals surface area (Å²) in [5, 5.41) is 6.67. The molecular formula is C32H47N3O4. The van der Waals surface area contributed by atoms with Gasteiger partial charge >= 0.3 is 6.09 Å². The molecule has 0 radical (unpaired) electrons. The molecule has 0 bridgehead atoms. The van der Waals surface area contributed by atoms with Crippen molar-refractivity contribution in [1.82, 2.24) is 10.6 Å². The number of hydrogen-bond acceptors (Lipinski definition) is 6. The molecule has 2 fully saturated rings. The van der Waals surface area contributed by atoms with Gasteiger partial charge in [-0.3, -0.25) is 0 Å². The lowest BCUT2D eigenvalue weighted by atomic mass is 9.75. The third kappa shape index (κ3) is 8.28. The van der Waals surface area contributed by atoms with Crippen LogP contribution in [0.25, 0.3) is 0 Å². The molecule has 0 aliphatic heterocycles. The van der Waals surface area contributed by atoms with E-state index in [1.54, 1.807) is 7.11 Å². The number of methoxy groups -OCH3 is 1. The van der Waals surface area contributed by atoms with Gasteiger partial charge in [-0.15, -0.1) is 0 Å². The zero-order valence-corrected chi connectivity index (χ0v) is 24.1. The van der Waals surface area contributed by atoms with Crippen LogP contribution in [-0.2, 0) is 11.3 Å². The minimum atomic E-state index is -0.367. The normalized spacial score (nSPS) is 22.4. The average Bonchev–Trinajstić information content (AvgIpc) is 3.42. The molecule has 1 amide bonds. The number of nitrogens with two attached hydrogens (primary N) is 1. The van der Waals surface area contributed by atoms with Crippen molar-refractivity contribution in [1.29, 1.82) is 0 Å². The highest BCUT2D eigenvalue weighted by Gasteiger charge is 2.34. The van der Waals surface area contributed by atoms with Crippen molar-refractivity contribution < 1.29 is 19.0 Å². The molecule has 4 N–H and O–H groups in total. The number of carbonyl (C=O) groups is 1. The maximum Gasteiger partial charge on any atom is 0.407 e. The first-order chi connectivity index (χ1) is 18.8. The minimum Gasteiger partial charge on any atom is -0.493 e. The van der Waals surface area contributed by atoms with Crippen LogP contribution >= 0.6 is 0 Å². The molecule has 39 heavy (non-hydrogen) atoms. The van der Waals surface area contributed by atoms with Gasteiger partial charge in [0.25, 0.3) is 0 Å². The molecule has 0 aromatic heterocycles. The molecule has 7 heteroatoms. The zero-order valence-electron chi connectivity index (χ0n) is 24.1. The van der Waals surface area contributed by atoms with E-state index in [0.29, 0.717) is 36.6 Å². The Bertz CT molecular complexity index is 1050. The lowest BCUT2D eigenvalue weighted by molar-refractivity contribution is 0.00491. The van der Waals surface area contributed by atoms with E-state index in [2.05, 4.69) is 31.4 Å². The molecule has 2 saturated carbocycles. The monoisotopic (exact) mass is 537 g/mol. The molecule has 0 spiro atoms. The fraction of sp³-hybridized carbons (Fsp3) is 0.594. The van der Waals surface area contributed by atoms with E-state index in [1.807, 2.05) is 42.5 Å². The van der Waals surface area contributed by atoms with E-state index in [1.165, 1.54) is 19.3 Å². The Labute approximate surface area is 234 Å². The lowest BCUT2D eigenvalue weighted by Gasteiger charge is -2.37. The number of benzene rings is 2. The summed E-state index contributed by atoms with van der Waals surface area (Å²) in [7, 11) is 1.66. The molecule has 214 valence electrons. The first-order valence-electron chi connectivity index (χ1n) is 14.7. The number of hydrogen-bond donors (Lipinski definition) is 3. The number of anilines is 1. The number of alkyl carbamates (subject to hydrolysis) is 1. The molecule has 2 aliphatic rings. The molecule has 2 aliphatic carbocycles. The third-order valence-corrected chi connectivity index (χ3v) is 8.36. The van der Waals surface area contributed by atoms with E-state index in [9.17, 15) is 4.79 Å². The summed E-state index contributed by atoms with van der Waals surface area (Å²) in [6.45, 7) is 7.89. The standard InChI is InChI=1S/C32H47N3O4/c1-21(2)27-15-9-22(3)17-30(27)39-32(36)35-28(20-34-19-23-10-13-25(33)14-11-23)24-12-16-29(37-4)31(18-24)38-26-7-5-6-8-26/h10-14,16,18,21-22,26-28,30,34H,5-9,15,17,19-20,33H2,1-4H3,(H,35,36)/t22?,27?,28-,30?/m0/s1. The number of rotatable bonds is 11. The number of ether oxygens (including phenoxy) is 3. The highest BCUT2D eigenvalue weighted by molar-refractivity contribution is 5.68. The maximum absolute atomic E-state index is 13.3. The number of carbonyl (C=O) groups excluding carboxylic acids is 1. The smallest absolute Gasteiger partial charge is 0.407 e. The van der Waals surface area contributed by atoms with E-state index in [0.717, 1.165) is 48.2 Å². The summed E-state index contributed by atoms with van der Waals surface area (Å²) in [4.78, 5) is 13.3. The van der Waals surface area contributed by atoms with Crippen LogP contribution in [0.5, 0.6) is 11.5 Å². The highest BCUT2D eigenvalue weighted by atomic mass is 16.6. The van der Waals surface area contributed by atoms with Crippen LogP contribution in [0.2, 0.25) is 0 Å². The Hall–Kier alpha value is -2.93. The molecular weight excluding hydrogens is 490 g/mol. The van der Waals surface area contributed by atoms with Gasteiger partial charge < -0.3 is 30.6 Å². The van der Waals surface area contributed by atoms with Crippen molar-refractivity contribution in [2.45, 2.75) is 90.5 Å². The molecule has 2 aromatic carbocycles. The fourth-order valence-electron chi connectivity index (χ4n) is 6.00. The molecule has 7 nitrogen and oxygen atoms in total. The predicted molar refractivity (Wildman–Crippen MR) is 156 cm³/mol. The van der Waals surface area contributed by atoms with Crippen molar-refractivity contribution in [2.75, 3.05) is 19.4 Å². The Morgan fingerprint density at radius 2 is 1.77 bits per heavy atom. The van der Waals surface area contributed by atoms with Crippen LogP contribution < -0.4 is 25.8 Å². The Balaban J connectivity index is 1.49. The van der Waals surface area contributed by atoms with Crippen molar-refractivity contribution in [2.24, 2.45) is 17.8 Å². The van der Waals surface area contributed by atoms with Crippen molar-refractivity contribution in [3.8, 4) is 11.5 Å². The average molecular weight is 538 g/mol. The fourth-order valence-corrected chi connectivity index (χ4v) is 6.00. The van der Waals surface area contributed by atoms with Crippen molar-refractivity contribution in [3.05, 3.63) is 53.6 Å². The van der Waals surface area contributed by atoms with Crippen molar-refractivity contribution >= 4 is 11.8 Å². The zero-order chi connectivity index (χ0) is 27.8. The van der Waals surface area contributed by atoms with Gasteiger partial charge in [0, 0.05) is 18.8 Å². The van der Waals surface area contributed by atoms with E-state index in [4.69, 9.17) is 19.9 Å². The molecule has 0 saturated heterocycles. The van der Waals surface area contributed by atoms with Crippen LogP contribution in [0.15, 0.2) is 42.5 Å². The van der Waals surface area contributed by atoms with E-state index < -0.39 is 0 Å². The van der Waals surface area contributed by atoms with Gasteiger partial charge in [0.15, 0.2) is 11.5 Å². The second-order valence-corrected chi connectivity index (χ2v) is 11.8. The van der Waals surface area contributed by atoms with Gasteiger partial charge in [-0.2, -0.15) is 0 Å². The lowest BCUT2D eigenvalue weighted by Crippen LogP contribution is -2.41. The Morgan fingerprint density at radius 1 is 1.03 bits per heavy atom. The van der Waals surface area contributed by atoms with Crippen LogP contribution in [-0.4, -0.2) is 32.0 Å². The van der Waals surface area contributed by atoms with Gasteiger partial charge in [-0.05, 0) is 91.7 Å². The van der Waals surface area contributed by atoms with Crippen molar-refractivity contribution in [3.63, 3.8) is 0 Å². The second kappa shape index (κ2) is 13.9. The molecule has 0 heterocycles. The summed E-state index contributed by atoms with van der Waals surface area (Å²) in [6, 6.07) is 13.4. The molecule has 4 atom stereocenters. The number of amides is 1. The van der Waals surface area contributed by atoms with Crippen LogP contribution in [0.1, 0.15) is 82.9 Å². The SMILES string of the molecule is COc1ccc([C@H](CNCc2ccc(N)cc2)NC(=O)OC2CC(C)CCC2C(C)C)cc1OC1CCCC1. The van der Waals surface area contributed by atoms with Gasteiger partial charge in [0.2, 0.25) is 0 Å². The minimum absolute atomic E-state index is 0.0609. The quantitative estimate of drug-likeness (QED) is 0.279. The highest BCUT2D eigenvalue weighted by Crippen LogP contribution is 2.36. The second-order valence-electron chi connectivity index (χ2n) is 11.8. The first kappa shape index (κ1) is 29.1. The summed E-state index contributed by atoms with van der Waals surface area (Å²) in [5.41, 5.74) is 8.66. The maximum atomic E-state index is 13.3. The predicted octanol–water partition coefficient (Wildman–Crippen LogP) is 6.62. The number of nitrogens with one attached hydrogen (secondary N) is 2. The topological polar surface area (TPSA) is 94.8 Å². The Morgan fingerprint density at radius 3 is 2.46 bits per heavy atom. The van der Waals surface area contributed by atoms with Crippen LogP contribution in [0.4, 0.5) is 10.5 Å². The largest absolute Gasteiger partial charge is 0.493 e. The van der Waals surface area contributed by atoms with Gasteiger partial charge in [-0.25, -0.2) is 4.79 Å². The summed E-state index contributed by atoms with van der Waals surface area (Å²) in [6.07, 6.45) is 7.48. The molecule has 3 unspecified atom stereocenters. The van der Waals surface area contributed by atoms with Gasteiger partial charge in [-0.1, -0.05) is 45.4 Å². The summed E-state index contributed by atoms with van der Waals surface area (Å²) < 4.78 is 18.1. The molecule has 4 rings (SSSR count). The van der Waals surface area contributed by atoms with Crippen LogP contribution in [0, 0.1) is 17.8 Å².